The summed E-state index contributed by atoms with van der Waals surface area (Å²) < 4.78 is 5.43. The number of hydrogen-bond acceptors (Lipinski definition) is 5. The molecule has 0 spiro atoms. The number of hydrogen-bond donors (Lipinski definition) is 1. The first kappa shape index (κ1) is 19.1. The number of amides is 2. The summed E-state index contributed by atoms with van der Waals surface area (Å²) >= 11 is 0. The van der Waals surface area contributed by atoms with E-state index in [9.17, 15) is 9.59 Å². The fourth-order valence-electron chi connectivity index (χ4n) is 3.17. The van der Waals surface area contributed by atoms with Crippen LogP contribution < -0.4 is 5.32 Å². The van der Waals surface area contributed by atoms with Gasteiger partial charge in [0, 0.05) is 36.7 Å². The lowest BCUT2D eigenvalue weighted by molar-refractivity contribution is -0.115. The van der Waals surface area contributed by atoms with Gasteiger partial charge in [0.2, 0.25) is 11.8 Å². The lowest BCUT2D eigenvalue weighted by Gasteiger charge is -2.31. The van der Waals surface area contributed by atoms with E-state index in [-0.39, 0.29) is 23.7 Å². The normalized spacial score (nSPS) is 17.2. The highest BCUT2D eigenvalue weighted by Gasteiger charge is 2.29. The molecular weight excluding hydrogens is 344 g/mol. The smallest absolute Gasteiger partial charge is 0.253 e. The molecule has 144 valence electrons. The van der Waals surface area contributed by atoms with Gasteiger partial charge in [0.25, 0.3) is 5.91 Å². The first-order valence-electron chi connectivity index (χ1n) is 9.50. The summed E-state index contributed by atoms with van der Waals surface area (Å²) in [6.07, 6.45) is 2.21. The third-order valence-electron chi connectivity index (χ3n) is 4.75. The van der Waals surface area contributed by atoms with Gasteiger partial charge in [0.15, 0.2) is 5.82 Å². The van der Waals surface area contributed by atoms with E-state index >= 15 is 0 Å². The zero-order valence-electron chi connectivity index (χ0n) is 16.1. The van der Waals surface area contributed by atoms with E-state index in [1.807, 2.05) is 18.7 Å². The van der Waals surface area contributed by atoms with E-state index in [2.05, 4.69) is 15.5 Å². The van der Waals surface area contributed by atoms with Gasteiger partial charge in [-0.3, -0.25) is 9.59 Å². The summed E-state index contributed by atoms with van der Waals surface area (Å²) in [7, 11) is 0. The summed E-state index contributed by atoms with van der Waals surface area (Å²) in [5, 5.41) is 6.83. The van der Waals surface area contributed by atoms with Gasteiger partial charge in [0.05, 0.1) is 5.92 Å². The second-order valence-corrected chi connectivity index (χ2v) is 7.22. The fraction of sp³-hybridized carbons (Fsp3) is 0.500. The van der Waals surface area contributed by atoms with Crippen molar-refractivity contribution in [2.75, 3.05) is 18.4 Å². The third-order valence-corrected chi connectivity index (χ3v) is 4.75. The van der Waals surface area contributed by atoms with E-state index < -0.39 is 0 Å². The van der Waals surface area contributed by atoms with E-state index in [4.69, 9.17) is 4.52 Å². The molecular formula is C20H26N4O3. The molecule has 1 N–H and O–H groups in total. The molecule has 2 heterocycles. The first-order chi connectivity index (χ1) is 13.0. The number of carbonyl (C=O) groups is 2. The van der Waals surface area contributed by atoms with Crippen LogP contribution >= 0.6 is 0 Å². The van der Waals surface area contributed by atoms with Crippen LogP contribution in [-0.2, 0) is 4.79 Å². The minimum atomic E-state index is -0.0741. The molecule has 0 saturated carbocycles. The van der Waals surface area contributed by atoms with Crippen molar-refractivity contribution < 1.29 is 14.1 Å². The average Bonchev–Trinajstić information content (AvgIpc) is 3.18. The molecule has 1 fully saturated rings. The predicted octanol–water partition coefficient (Wildman–Crippen LogP) is 3.56. The quantitative estimate of drug-likeness (QED) is 0.869. The molecule has 1 aromatic carbocycles. The van der Waals surface area contributed by atoms with Gasteiger partial charge in [-0.2, -0.15) is 4.98 Å². The van der Waals surface area contributed by atoms with E-state index in [0.717, 1.165) is 12.8 Å². The maximum absolute atomic E-state index is 12.9. The Kier molecular flexibility index (Phi) is 5.88. The van der Waals surface area contributed by atoms with Gasteiger partial charge in [0.1, 0.15) is 0 Å². The maximum atomic E-state index is 12.9. The van der Waals surface area contributed by atoms with Crippen molar-refractivity contribution in [3.8, 4) is 0 Å². The highest BCUT2D eigenvalue weighted by molar-refractivity contribution is 5.97. The van der Waals surface area contributed by atoms with Gasteiger partial charge in [-0.05, 0) is 31.0 Å². The van der Waals surface area contributed by atoms with Gasteiger partial charge in [-0.1, -0.05) is 32.0 Å². The zero-order chi connectivity index (χ0) is 19.4. The summed E-state index contributed by atoms with van der Waals surface area (Å²) in [6.45, 7) is 7.10. The summed E-state index contributed by atoms with van der Waals surface area (Å²) in [5.41, 5.74) is 1.21. The molecule has 7 heteroatoms. The van der Waals surface area contributed by atoms with Crippen LogP contribution in [0.5, 0.6) is 0 Å². The summed E-state index contributed by atoms with van der Waals surface area (Å²) in [5.74, 6) is 1.47. The number of likely N-dealkylation sites (tertiary alicyclic amines) is 1. The molecule has 27 heavy (non-hydrogen) atoms. The summed E-state index contributed by atoms with van der Waals surface area (Å²) in [6, 6.07) is 7.07. The molecule has 1 aliphatic heterocycles. The van der Waals surface area contributed by atoms with Crippen molar-refractivity contribution in [1.29, 1.82) is 0 Å². The van der Waals surface area contributed by atoms with Crippen LogP contribution in [0.3, 0.4) is 0 Å². The fourth-order valence-corrected chi connectivity index (χ4v) is 3.17. The van der Waals surface area contributed by atoms with Crippen LogP contribution in [0.1, 0.15) is 73.9 Å². The van der Waals surface area contributed by atoms with Gasteiger partial charge in [-0.25, -0.2) is 0 Å². The largest absolute Gasteiger partial charge is 0.339 e. The molecule has 2 amide bonds. The third kappa shape index (κ3) is 4.53. The molecule has 1 aliphatic rings. The van der Waals surface area contributed by atoms with E-state index in [1.165, 1.54) is 0 Å². The van der Waals surface area contributed by atoms with Crippen molar-refractivity contribution in [2.24, 2.45) is 0 Å². The Morgan fingerprint density at radius 2 is 2.19 bits per heavy atom. The Balaban J connectivity index is 1.71. The first-order valence-corrected chi connectivity index (χ1v) is 9.50. The Morgan fingerprint density at radius 3 is 2.89 bits per heavy atom. The lowest BCUT2D eigenvalue weighted by Crippen LogP contribution is -2.39. The molecule has 1 atom stereocenters. The average molecular weight is 370 g/mol. The number of nitrogens with zero attached hydrogens (tertiary/aromatic N) is 3. The molecule has 0 radical (unpaired) electrons. The summed E-state index contributed by atoms with van der Waals surface area (Å²) in [4.78, 5) is 30.8. The molecule has 1 saturated heterocycles. The molecule has 0 aliphatic carbocycles. The minimum Gasteiger partial charge on any atom is -0.339 e. The van der Waals surface area contributed by atoms with E-state index in [0.29, 0.717) is 42.5 Å². The number of nitrogens with one attached hydrogen (secondary N) is 1. The van der Waals surface area contributed by atoms with Crippen LogP contribution in [0, 0.1) is 0 Å². The van der Waals surface area contributed by atoms with Crippen LogP contribution in [0.15, 0.2) is 28.8 Å². The highest BCUT2D eigenvalue weighted by atomic mass is 16.5. The Morgan fingerprint density at radius 1 is 1.37 bits per heavy atom. The second-order valence-electron chi connectivity index (χ2n) is 7.22. The number of anilines is 1. The molecule has 2 aromatic rings. The standard InChI is InChI=1S/C20H26N4O3/c1-4-17(25)21-16-9-5-7-14(11-16)20(26)24-10-6-8-15(12-24)19-22-18(13(2)3)23-27-19/h5,7,9,11,13,15H,4,6,8,10,12H2,1-3H3,(H,21,25)/t15-/m0/s1. The van der Waals surface area contributed by atoms with Crippen molar-refractivity contribution >= 4 is 17.5 Å². The number of aromatic nitrogens is 2. The number of carbonyl (C=O) groups excluding carboxylic acids is 2. The van der Waals surface area contributed by atoms with Crippen LogP contribution in [0.2, 0.25) is 0 Å². The topological polar surface area (TPSA) is 88.3 Å². The van der Waals surface area contributed by atoms with Gasteiger partial charge >= 0.3 is 0 Å². The maximum Gasteiger partial charge on any atom is 0.253 e. The minimum absolute atomic E-state index is 0.0455. The van der Waals surface area contributed by atoms with Crippen molar-refractivity contribution in [1.82, 2.24) is 15.0 Å². The predicted molar refractivity (Wildman–Crippen MR) is 102 cm³/mol. The van der Waals surface area contributed by atoms with Crippen molar-refractivity contribution in [3.05, 3.63) is 41.5 Å². The Labute approximate surface area is 159 Å². The number of benzene rings is 1. The Bertz CT molecular complexity index is 815. The molecule has 1 aromatic heterocycles. The molecule has 0 bridgehead atoms. The zero-order valence-corrected chi connectivity index (χ0v) is 16.1. The van der Waals surface area contributed by atoms with Crippen LogP contribution in [0.4, 0.5) is 5.69 Å². The van der Waals surface area contributed by atoms with Crippen LogP contribution in [-0.4, -0.2) is 39.9 Å². The highest BCUT2D eigenvalue weighted by Crippen LogP contribution is 2.28. The van der Waals surface area contributed by atoms with Gasteiger partial charge < -0.3 is 14.7 Å². The molecule has 3 rings (SSSR count). The Hall–Kier alpha value is -2.70. The van der Waals surface area contributed by atoms with E-state index in [1.54, 1.807) is 31.2 Å². The lowest BCUT2D eigenvalue weighted by atomic mass is 9.97. The molecule has 0 unspecified atom stereocenters. The monoisotopic (exact) mass is 370 g/mol. The number of rotatable bonds is 5. The second kappa shape index (κ2) is 8.33. The molecule has 7 nitrogen and oxygen atoms in total. The van der Waals surface area contributed by atoms with Crippen molar-refractivity contribution in [3.63, 3.8) is 0 Å². The van der Waals surface area contributed by atoms with Gasteiger partial charge in [-0.15, -0.1) is 0 Å². The number of piperidine rings is 1. The van der Waals surface area contributed by atoms with Crippen molar-refractivity contribution in [2.45, 2.75) is 51.9 Å². The SMILES string of the molecule is CCC(=O)Nc1cccc(C(=O)N2CCC[C@H](c3nc(C(C)C)no3)C2)c1. The van der Waals surface area contributed by atoms with Crippen LogP contribution in [0.25, 0.3) is 0 Å².